The number of amides is 1. The molecule has 0 aliphatic carbocycles. The van der Waals surface area contributed by atoms with Gasteiger partial charge in [0.05, 0.1) is 10.4 Å². The Labute approximate surface area is 157 Å². The molecule has 0 fully saturated rings. The quantitative estimate of drug-likeness (QED) is 0.638. The summed E-state index contributed by atoms with van der Waals surface area (Å²) in [6.07, 6.45) is 0.705. The average molecular weight is 397 g/mol. The molecular formula is C16H17F2N5OS2. The van der Waals surface area contributed by atoms with Crippen LogP contribution in [0.3, 0.4) is 0 Å². The smallest absolute Gasteiger partial charge is 0.273 e. The van der Waals surface area contributed by atoms with Crippen LogP contribution in [0.4, 0.5) is 13.9 Å². The van der Waals surface area contributed by atoms with E-state index < -0.39 is 11.6 Å². The molecule has 0 spiro atoms. The van der Waals surface area contributed by atoms with Gasteiger partial charge in [-0.25, -0.2) is 13.8 Å². The molecule has 138 valence electrons. The fourth-order valence-corrected chi connectivity index (χ4v) is 4.08. The van der Waals surface area contributed by atoms with Crippen molar-refractivity contribution in [1.29, 1.82) is 0 Å². The van der Waals surface area contributed by atoms with Gasteiger partial charge in [0.15, 0.2) is 10.9 Å². The highest BCUT2D eigenvalue weighted by Gasteiger charge is 2.25. The summed E-state index contributed by atoms with van der Waals surface area (Å²) in [4.78, 5) is 21.1. The van der Waals surface area contributed by atoms with E-state index in [2.05, 4.69) is 14.6 Å². The summed E-state index contributed by atoms with van der Waals surface area (Å²) in [5.74, 6) is -1.69. The lowest BCUT2D eigenvalue weighted by molar-refractivity contribution is 0.0989. The van der Waals surface area contributed by atoms with Gasteiger partial charge in [-0.3, -0.25) is 9.69 Å². The maximum Gasteiger partial charge on any atom is 0.273 e. The fourth-order valence-electron chi connectivity index (χ4n) is 2.44. The molecule has 0 unspecified atom stereocenters. The van der Waals surface area contributed by atoms with E-state index in [1.165, 1.54) is 11.0 Å². The number of fused-ring (bicyclic) bond motifs is 1. The van der Waals surface area contributed by atoms with Crippen LogP contribution >= 0.6 is 22.9 Å². The van der Waals surface area contributed by atoms with Gasteiger partial charge < -0.3 is 4.90 Å². The van der Waals surface area contributed by atoms with Crippen LogP contribution in [-0.4, -0.2) is 52.6 Å². The Morgan fingerprint density at radius 1 is 1.23 bits per heavy atom. The normalized spacial score (nSPS) is 11.5. The number of nitrogens with zero attached hydrogens (tertiary/aromatic N) is 5. The van der Waals surface area contributed by atoms with Crippen LogP contribution in [0.15, 0.2) is 12.1 Å². The minimum atomic E-state index is -0.737. The van der Waals surface area contributed by atoms with E-state index in [4.69, 9.17) is 0 Å². The Bertz CT molecular complexity index is 940. The van der Waals surface area contributed by atoms with Gasteiger partial charge in [-0.15, -0.1) is 5.10 Å². The molecule has 0 aliphatic heterocycles. The molecule has 2 heterocycles. The standard InChI is InChI=1S/C16H17F2N5OS2/c1-9-14(26-21-20-9)15(24)23(6-4-5-22(2)3)16-19-13-11(18)7-10(17)8-12(13)25-16/h7-8H,4-6H2,1-3H3. The van der Waals surface area contributed by atoms with Crippen molar-refractivity contribution in [2.24, 2.45) is 0 Å². The topological polar surface area (TPSA) is 62.2 Å². The summed E-state index contributed by atoms with van der Waals surface area (Å²) >= 11 is 2.10. The minimum Gasteiger partial charge on any atom is -0.309 e. The second-order valence-corrected chi connectivity index (χ2v) is 7.80. The Kier molecular flexibility index (Phi) is 5.54. The van der Waals surface area contributed by atoms with Crippen molar-refractivity contribution in [2.45, 2.75) is 13.3 Å². The molecule has 26 heavy (non-hydrogen) atoms. The number of thiazole rings is 1. The number of hydrogen-bond acceptors (Lipinski definition) is 7. The van der Waals surface area contributed by atoms with Crippen molar-refractivity contribution in [3.8, 4) is 0 Å². The molecule has 0 saturated heterocycles. The third kappa shape index (κ3) is 3.87. The number of anilines is 1. The van der Waals surface area contributed by atoms with Crippen LogP contribution in [0.2, 0.25) is 0 Å². The van der Waals surface area contributed by atoms with Crippen molar-refractivity contribution >= 4 is 44.1 Å². The van der Waals surface area contributed by atoms with Gasteiger partial charge in [0, 0.05) is 12.6 Å². The van der Waals surface area contributed by atoms with E-state index in [-0.39, 0.29) is 11.4 Å². The highest BCUT2D eigenvalue weighted by atomic mass is 32.1. The van der Waals surface area contributed by atoms with Crippen molar-refractivity contribution in [3.63, 3.8) is 0 Å². The zero-order valence-corrected chi connectivity index (χ0v) is 16.1. The highest BCUT2D eigenvalue weighted by molar-refractivity contribution is 7.22. The molecule has 0 radical (unpaired) electrons. The molecule has 1 aromatic carbocycles. The number of halogens is 2. The Hall–Kier alpha value is -2.04. The lowest BCUT2D eigenvalue weighted by Gasteiger charge is -2.20. The second-order valence-electron chi connectivity index (χ2n) is 6.03. The van der Waals surface area contributed by atoms with Crippen molar-refractivity contribution in [2.75, 3.05) is 32.1 Å². The number of benzene rings is 1. The van der Waals surface area contributed by atoms with E-state index in [0.29, 0.717) is 33.4 Å². The number of carbonyl (C=O) groups excluding carboxylic acids is 1. The summed E-state index contributed by atoms with van der Waals surface area (Å²) in [5, 5.41) is 4.21. The van der Waals surface area contributed by atoms with Crippen LogP contribution in [0.25, 0.3) is 10.2 Å². The third-order valence-electron chi connectivity index (χ3n) is 3.71. The maximum atomic E-state index is 14.0. The Morgan fingerprint density at radius 2 is 2.00 bits per heavy atom. The predicted molar refractivity (Wildman–Crippen MR) is 99.0 cm³/mol. The molecule has 10 heteroatoms. The first-order valence-corrected chi connectivity index (χ1v) is 9.47. The first kappa shape index (κ1) is 18.7. The molecule has 1 amide bonds. The molecule has 0 saturated carbocycles. The maximum absolute atomic E-state index is 14.0. The van der Waals surface area contributed by atoms with E-state index in [0.717, 1.165) is 35.5 Å². The van der Waals surface area contributed by atoms with Crippen LogP contribution in [0, 0.1) is 18.6 Å². The van der Waals surface area contributed by atoms with Gasteiger partial charge in [-0.2, -0.15) is 0 Å². The van der Waals surface area contributed by atoms with E-state index in [1.807, 2.05) is 19.0 Å². The largest absolute Gasteiger partial charge is 0.309 e. The van der Waals surface area contributed by atoms with Crippen LogP contribution in [0.5, 0.6) is 0 Å². The van der Waals surface area contributed by atoms with Gasteiger partial charge in [-0.1, -0.05) is 15.8 Å². The van der Waals surface area contributed by atoms with E-state index >= 15 is 0 Å². The van der Waals surface area contributed by atoms with Crippen molar-refractivity contribution < 1.29 is 13.6 Å². The number of rotatable bonds is 6. The number of aromatic nitrogens is 3. The Balaban J connectivity index is 1.98. The van der Waals surface area contributed by atoms with Gasteiger partial charge in [0.25, 0.3) is 5.91 Å². The molecule has 3 rings (SSSR count). The molecule has 0 N–H and O–H groups in total. The summed E-state index contributed by atoms with van der Waals surface area (Å²) in [6.45, 7) is 2.89. The predicted octanol–water partition coefficient (Wildman–Crippen LogP) is 3.33. The average Bonchev–Trinajstić information content (AvgIpc) is 3.17. The SMILES string of the molecule is Cc1nnsc1C(=O)N(CCCN(C)C)c1nc2c(F)cc(F)cc2s1. The lowest BCUT2D eigenvalue weighted by Crippen LogP contribution is -2.33. The molecule has 2 aromatic heterocycles. The van der Waals surface area contributed by atoms with Crippen molar-refractivity contribution in [3.05, 3.63) is 34.3 Å². The van der Waals surface area contributed by atoms with Crippen LogP contribution in [-0.2, 0) is 0 Å². The van der Waals surface area contributed by atoms with E-state index in [9.17, 15) is 13.6 Å². The molecule has 0 atom stereocenters. The first-order chi connectivity index (χ1) is 12.4. The summed E-state index contributed by atoms with van der Waals surface area (Å²) < 4.78 is 31.6. The second kappa shape index (κ2) is 7.68. The summed E-state index contributed by atoms with van der Waals surface area (Å²) in [7, 11) is 3.89. The first-order valence-electron chi connectivity index (χ1n) is 7.88. The number of aryl methyl sites for hydroxylation is 1. The zero-order chi connectivity index (χ0) is 18.8. The summed E-state index contributed by atoms with van der Waals surface area (Å²) in [5.41, 5.74) is 0.604. The number of hydrogen-bond donors (Lipinski definition) is 0. The lowest BCUT2D eigenvalue weighted by atomic mass is 10.3. The van der Waals surface area contributed by atoms with Crippen molar-refractivity contribution in [1.82, 2.24) is 19.5 Å². The molecule has 0 aliphatic rings. The molecule has 3 aromatic rings. The van der Waals surface area contributed by atoms with Gasteiger partial charge in [0.2, 0.25) is 0 Å². The zero-order valence-electron chi connectivity index (χ0n) is 14.5. The molecule has 6 nitrogen and oxygen atoms in total. The Morgan fingerprint density at radius 3 is 2.65 bits per heavy atom. The van der Waals surface area contributed by atoms with Crippen LogP contribution in [0.1, 0.15) is 21.8 Å². The van der Waals surface area contributed by atoms with Gasteiger partial charge in [0.1, 0.15) is 16.2 Å². The minimum absolute atomic E-state index is 0.0657. The number of carbonyl (C=O) groups is 1. The highest BCUT2D eigenvalue weighted by Crippen LogP contribution is 2.32. The summed E-state index contributed by atoms with van der Waals surface area (Å²) in [6, 6.07) is 2.02. The van der Waals surface area contributed by atoms with Gasteiger partial charge >= 0.3 is 0 Å². The monoisotopic (exact) mass is 397 g/mol. The third-order valence-corrected chi connectivity index (χ3v) is 5.55. The van der Waals surface area contributed by atoms with E-state index in [1.54, 1.807) is 6.92 Å². The van der Waals surface area contributed by atoms with Crippen LogP contribution < -0.4 is 4.90 Å². The van der Waals surface area contributed by atoms with Gasteiger partial charge in [-0.05, 0) is 51.6 Å². The molecular weight excluding hydrogens is 380 g/mol. The molecule has 0 bridgehead atoms. The fraction of sp³-hybridized carbons (Fsp3) is 0.375.